The SMILES string of the molecule is CCCCCCCCCCOc1c(OC(=O)c2ccccc2)c(=O)oc2cc(O[C@@H]3O[C@H](COC(C)=O)[C@@H](OC(C)=O)[C@H](OC(C)=O)[C@H]3OC(C)=O)ccc12. The normalized spacial score (nSPS) is 19.2. The minimum Gasteiger partial charge on any atom is -0.489 e. The molecule has 1 aromatic heterocycles. The van der Waals surface area contributed by atoms with Gasteiger partial charge in [-0.2, -0.15) is 0 Å². The Bertz CT molecular complexity index is 1840. The zero-order valence-corrected chi connectivity index (χ0v) is 31.7. The Morgan fingerprint density at radius 2 is 1.31 bits per heavy atom. The summed E-state index contributed by atoms with van der Waals surface area (Å²) in [6.07, 6.45) is 1.38. The summed E-state index contributed by atoms with van der Waals surface area (Å²) in [7, 11) is 0. The van der Waals surface area contributed by atoms with Gasteiger partial charge < -0.3 is 42.3 Å². The number of fused-ring (bicyclic) bond motifs is 1. The number of rotatable bonds is 19. The first-order chi connectivity index (χ1) is 26.4. The predicted octanol–water partition coefficient (Wildman–Crippen LogP) is 5.99. The molecular weight excluding hydrogens is 720 g/mol. The van der Waals surface area contributed by atoms with Crippen molar-refractivity contribution in [1.82, 2.24) is 0 Å². The third-order valence-corrected chi connectivity index (χ3v) is 8.44. The quantitative estimate of drug-likeness (QED) is 0.0598. The summed E-state index contributed by atoms with van der Waals surface area (Å²) in [5, 5.41) is 0.281. The molecule has 15 heteroatoms. The maximum Gasteiger partial charge on any atom is 0.383 e. The Morgan fingerprint density at radius 3 is 1.95 bits per heavy atom. The molecular formula is C40H48O15. The Balaban J connectivity index is 1.67. The van der Waals surface area contributed by atoms with Crippen LogP contribution in [0.3, 0.4) is 0 Å². The van der Waals surface area contributed by atoms with Gasteiger partial charge in [-0.1, -0.05) is 70.1 Å². The van der Waals surface area contributed by atoms with E-state index in [4.69, 9.17) is 42.3 Å². The number of hydrogen-bond donors (Lipinski definition) is 0. The summed E-state index contributed by atoms with van der Waals surface area (Å²) < 4.78 is 50.9. The minimum atomic E-state index is -1.53. The van der Waals surface area contributed by atoms with Crippen LogP contribution in [-0.4, -0.2) is 73.8 Å². The van der Waals surface area contributed by atoms with Crippen molar-refractivity contribution in [3.05, 3.63) is 64.5 Å². The van der Waals surface area contributed by atoms with E-state index in [1.54, 1.807) is 30.3 Å². The second-order valence-electron chi connectivity index (χ2n) is 13.0. The molecule has 0 aliphatic carbocycles. The van der Waals surface area contributed by atoms with Crippen LogP contribution in [-0.2, 0) is 42.9 Å². The smallest absolute Gasteiger partial charge is 0.383 e. The number of esters is 5. The van der Waals surface area contributed by atoms with Crippen molar-refractivity contribution in [2.24, 2.45) is 0 Å². The molecule has 1 saturated heterocycles. The first-order valence-electron chi connectivity index (χ1n) is 18.4. The summed E-state index contributed by atoms with van der Waals surface area (Å²) in [5.41, 5.74) is -0.796. The molecule has 0 amide bonds. The van der Waals surface area contributed by atoms with Crippen molar-refractivity contribution in [2.45, 2.75) is 117 Å². The van der Waals surface area contributed by atoms with Crippen molar-refractivity contribution in [3.63, 3.8) is 0 Å². The zero-order valence-electron chi connectivity index (χ0n) is 31.7. The molecule has 298 valence electrons. The van der Waals surface area contributed by atoms with E-state index in [0.29, 0.717) is 6.42 Å². The first-order valence-corrected chi connectivity index (χ1v) is 18.4. The number of carbonyl (C=O) groups is 5. The number of carbonyl (C=O) groups excluding carboxylic acids is 5. The van der Waals surface area contributed by atoms with Gasteiger partial charge in [0.25, 0.3) is 5.75 Å². The average Bonchev–Trinajstić information content (AvgIpc) is 3.13. The molecule has 0 unspecified atom stereocenters. The molecule has 0 N–H and O–H groups in total. The monoisotopic (exact) mass is 768 g/mol. The molecule has 15 nitrogen and oxygen atoms in total. The van der Waals surface area contributed by atoms with E-state index in [1.165, 1.54) is 43.9 Å². The lowest BCUT2D eigenvalue weighted by atomic mass is 9.98. The van der Waals surface area contributed by atoms with Gasteiger partial charge in [-0.25, -0.2) is 9.59 Å². The second-order valence-corrected chi connectivity index (χ2v) is 13.0. The fourth-order valence-electron chi connectivity index (χ4n) is 5.99. The summed E-state index contributed by atoms with van der Waals surface area (Å²) in [4.78, 5) is 74.7. The Hall–Kier alpha value is -5.44. The average molecular weight is 769 g/mol. The van der Waals surface area contributed by atoms with E-state index >= 15 is 0 Å². The molecule has 2 aromatic carbocycles. The highest BCUT2D eigenvalue weighted by Crippen LogP contribution is 2.37. The van der Waals surface area contributed by atoms with E-state index in [9.17, 15) is 28.8 Å². The first kappa shape index (κ1) is 42.3. The Kier molecular flexibility index (Phi) is 16.0. The van der Waals surface area contributed by atoms with Crippen molar-refractivity contribution in [1.29, 1.82) is 0 Å². The molecule has 0 bridgehead atoms. The van der Waals surface area contributed by atoms with Gasteiger partial charge >= 0.3 is 35.5 Å². The lowest BCUT2D eigenvalue weighted by Gasteiger charge is -2.43. The molecule has 5 atom stereocenters. The van der Waals surface area contributed by atoms with Crippen LogP contribution >= 0.6 is 0 Å². The standard InChI is InChI=1S/C40H48O15/c1-6-7-8-9-10-11-12-16-21-47-33-30-20-19-29(22-31(30)53-39(46)36(33)55-38(45)28-17-14-13-15-18-28)52-40-37(51-27(5)44)35(50-26(4)43)34(49-25(3)42)32(54-40)23-48-24(2)41/h13-15,17-20,22,32,34-35,37,40H,6-12,16,21,23H2,1-5H3/t32-,34-,35+,37-,40-/m1/s1. The zero-order chi connectivity index (χ0) is 39.9. The van der Waals surface area contributed by atoms with Crippen LogP contribution in [0.5, 0.6) is 17.2 Å². The number of hydrogen-bond acceptors (Lipinski definition) is 15. The fourth-order valence-corrected chi connectivity index (χ4v) is 5.99. The molecule has 55 heavy (non-hydrogen) atoms. The maximum absolute atomic E-state index is 13.4. The van der Waals surface area contributed by atoms with Crippen LogP contribution in [0.4, 0.5) is 0 Å². The van der Waals surface area contributed by atoms with Gasteiger partial charge in [-0.3, -0.25) is 19.2 Å². The van der Waals surface area contributed by atoms with Crippen LogP contribution in [0.15, 0.2) is 57.7 Å². The van der Waals surface area contributed by atoms with Gasteiger partial charge in [0.05, 0.1) is 17.6 Å². The predicted molar refractivity (Wildman–Crippen MR) is 195 cm³/mol. The van der Waals surface area contributed by atoms with Crippen molar-refractivity contribution < 1.29 is 66.3 Å². The second kappa shape index (κ2) is 20.9. The third kappa shape index (κ3) is 12.6. The third-order valence-electron chi connectivity index (χ3n) is 8.44. The maximum atomic E-state index is 13.4. The highest BCUT2D eigenvalue weighted by atomic mass is 16.7. The summed E-state index contributed by atoms with van der Waals surface area (Å²) in [6.45, 7) is 6.44. The van der Waals surface area contributed by atoms with E-state index in [0.717, 1.165) is 47.0 Å². The minimum absolute atomic E-state index is 0.00248. The van der Waals surface area contributed by atoms with Crippen molar-refractivity contribution >= 4 is 40.8 Å². The van der Waals surface area contributed by atoms with E-state index in [1.807, 2.05) is 0 Å². The van der Waals surface area contributed by atoms with Gasteiger partial charge in [-0.05, 0) is 30.7 Å². The summed E-state index contributed by atoms with van der Waals surface area (Å²) in [6, 6.07) is 12.5. The highest BCUT2D eigenvalue weighted by molar-refractivity contribution is 5.93. The van der Waals surface area contributed by atoms with Gasteiger partial charge in [0.2, 0.25) is 12.4 Å². The van der Waals surface area contributed by atoms with Crippen LogP contribution in [0, 0.1) is 0 Å². The van der Waals surface area contributed by atoms with Crippen LogP contribution < -0.4 is 19.8 Å². The molecule has 0 radical (unpaired) electrons. The molecule has 2 heterocycles. The Labute approximate surface area is 318 Å². The van der Waals surface area contributed by atoms with Gasteiger partial charge in [0.1, 0.15) is 24.0 Å². The van der Waals surface area contributed by atoms with Crippen molar-refractivity contribution in [3.8, 4) is 17.2 Å². The summed E-state index contributed by atoms with van der Waals surface area (Å²) in [5.74, 6) is -4.24. The van der Waals surface area contributed by atoms with Crippen molar-refractivity contribution in [2.75, 3.05) is 13.2 Å². The lowest BCUT2D eigenvalue weighted by Crippen LogP contribution is -2.63. The van der Waals surface area contributed by atoms with Gasteiger partial charge in [0.15, 0.2) is 18.0 Å². The topological polar surface area (TPSA) is 189 Å². The Morgan fingerprint density at radius 1 is 0.691 bits per heavy atom. The number of ether oxygens (including phenoxy) is 8. The van der Waals surface area contributed by atoms with E-state index in [-0.39, 0.29) is 34.6 Å². The van der Waals surface area contributed by atoms with Gasteiger partial charge in [0, 0.05) is 33.8 Å². The van der Waals surface area contributed by atoms with Crippen LogP contribution in [0.1, 0.15) is 96.3 Å². The lowest BCUT2D eigenvalue weighted by molar-refractivity contribution is -0.288. The largest absolute Gasteiger partial charge is 0.489 e. The summed E-state index contributed by atoms with van der Waals surface area (Å²) >= 11 is 0. The number of benzene rings is 2. The van der Waals surface area contributed by atoms with Crippen LogP contribution in [0.2, 0.25) is 0 Å². The molecule has 3 aromatic rings. The molecule has 4 rings (SSSR count). The van der Waals surface area contributed by atoms with E-state index in [2.05, 4.69) is 6.92 Å². The molecule has 0 spiro atoms. The molecule has 1 fully saturated rings. The fraction of sp³-hybridized carbons (Fsp3) is 0.500. The van der Waals surface area contributed by atoms with E-state index < -0.39 is 78.5 Å². The number of unbranched alkanes of at least 4 members (excludes halogenated alkanes) is 7. The van der Waals surface area contributed by atoms with Crippen LogP contribution in [0.25, 0.3) is 11.0 Å². The van der Waals surface area contributed by atoms with Gasteiger partial charge in [-0.15, -0.1) is 0 Å². The molecule has 1 aliphatic rings. The molecule has 0 saturated carbocycles. The molecule has 1 aliphatic heterocycles. The highest BCUT2D eigenvalue weighted by Gasteiger charge is 2.53.